The van der Waals surface area contributed by atoms with Crippen molar-refractivity contribution >= 4 is 5.97 Å². The van der Waals surface area contributed by atoms with E-state index in [9.17, 15) is 9.90 Å². The van der Waals surface area contributed by atoms with Gasteiger partial charge in [0.2, 0.25) is 0 Å². The van der Waals surface area contributed by atoms with Crippen LogP contribution in [0.1, 0.15) is 25.5 Å². The largest absolute Gasteiger partial charge is 0.481 e. The Balaban J connectivity index is 2.28. The van der Waals surface area contributed by atoms with E-state index in [0.717, 1.165) is 12.8 Å². The number of carbonyl (C=O) groups is 1. The van der Waals surface area contributed by atoms with Gasteiger partial charge in [0.25, 0.3) is 0 Å². The van der Waals surface area contributed by atoms with Crippen LogP contribution in [-0.4, -0.2) is 50.5 Å². The Hall–Kier alpha value is -1.47. The molecule has 18 heavy (non-hydrogen) atoms. The number of carboxylic acids is 1. The van der Waals surface area contributed by atoms with Crippen LogP contribution >= 0.6 is 0 Å². The van der Waals surface area contributed by atoms with Gasteiger partial charge in [-0.2, -0.15) is 0 Å². The Morgan fingerprint density at radius 1 is 1.61 bits per heavy atom. The molecule has 0 amide bonds. The van der Waals surface area contributed by atoms with E-state index >= 15 is 0 Å². The molecule has 0 radical (unpaired) electrons. The van der Waals surface area contributed by atoms with E-state index in [-0.39, 0.29) is 19.6 Å². The fourth-order valence-electron chi connectivity index (χ4n) is 1.40. The van der Waals surface area contributed by atoms with Crippen molar-refractivity contribution < 1.29 is 19.7 Å². The molecular weight excluding hydrogens is 238 g/mol. The number of hydrogen-bond donors (Lipinski definition) is 2. The van der Waals surface area contributed by atoms with E-state index in [4.69, 9.17) is 9.84 Å². The molecule has 0 aliphatic heterocycles. The smallest absolute Gasteiger partial charge is 0.309 e. The minimum atomic E-state index is -0.953. The van der Waals surface area contributed by atoms with Crippen LogP contribution in [0.5, 0.6) is 0 Å². The number of aromatic nitrogens is 3. The number of aliphatic hydroxyl groups excluding tert-OH is 1. The molecule has 7 heteroatoms. The number of rotatable bonds is 9. The number of hydrogen-bond acceptors (Lipinski definition) is 5. The number of unbranched alkanes of at least 4 members (excludes halogenated alkanes) is 1. The molecule has 102 valence electrons. The highest BCUT2D eigenvalue weighted by Gasteiger charge is 2.09. The van der Waals surface area contributed by atoms with Crippen LogP contribution in [0.3, 0.4) is 0 Å². The molecule has 0 aliphatic rings. The summed E-state index contributed by atoms with van der Waals surface area (Å²) in [6, 6.07) is 0. The van der Waals surface area contributed by atoms with Gasteiger partial charge < -0.3 is 14.9 Å². The number of aliphatic carboxylic acids is 1. The van der Waals surface area contributed by atoms with Gasteiger partial charge in [-0.3, -0.25) is 4.79 Å². The van der Waals surface area contributed by atoms with Crippen LogP contribution in [0.15, 0.2) is 6.20 Å². The van der Waals surface area contributed by atoms with Crippen molar-refractivity contribution in [2.75, 3.05) is 13.2 Å². The predicted molar refractivity (Wildman–Crippen MR) is 63.1 cm³/mol. The number of aliphatic hydroxyl groups is 1. The van der Waals surface area contributed by atoms with Gasteiger partial charge in [0, 0.05) is 12.8 Å². The fraction of sp³-hybridized carbons (Fsp3) is 0.727. The van der Waals surface area contributed by atoms with Crippen molar-refractivity contribution in [1.82, 2.24) is 15.0 Å². The maximum Gasteiger partial charge on any atom is 0.309 e. The molecule has 1 unspecified atom stereocenters. The summed E-state index contributed by atoms with van der Waals surface area (Å²) in [6.07, 6.45) is 2.71. The number of nitrogens with zero attached hydrogens (tertiary/aromatic N) is 3. The molecule has 2 N–H and O–H groups in total. The molecule has 0 saturated heterocycles. The normalized spacial score (nSPS) is 12.6. The van der Waals surface area contributed by atoms with E-state index in [1.54, 1.807) is 0 Å². The highest BCUT2D eigenvalue weighted by atomic mass is 16.5. The van der Waals surface area contributed by atoms with Gasteiger partial charge >= 0.3 is 5.97 Å². The van der Waals surface area contributed by atoms with Crippen molar-refractivity contribution in [2.24, 2.45) is 0 Å². The summed E-state index contributed by atoms with van der Waals surface area (Å²) < 4.78 is 6.70. The summed E-state index contributed by atoms with van der Waals surface area (Å²) in [5, 5.41) is 25.7. The highest BCUT2D eigenvalue weighted by molar-refractivity contribution is 5.69. The molecule has 0 saturated carbocycles. The van der Waals surface area contributed by atoms with Gasteiger partial charge in [0.15, 0.2) is 0 Å². The lowest BCUT2D eigenvalue weighted by atomic mass is 10.3. The van der Waals surface area contributed by atoms with E-state index in [1.807, 2.05) is 0 Å². The maximum atomic E-state index is 10.5. The number of ether oxygens (including phenoxy) is 1. The van der Waals surface area contributed by atoms with Crippen LogP contribution in [0.25, 0.3) is 0 Å². The van der Waals surface area contributed by atoms with Crippen LogP contribution in [0.2, 0.25) is 0 Å². The molecule has 0 fully saturated rings. The van der Waals surface area contributed by atoms with Gasteiger partial charge in [0.1, 0.15) is 0 Å². The van der Waals surface area contributed by atoms with E-state index < -0.39 is 12.1 Å². The van der Waals surface area contributed by atoms with Crippen molar-refractivity contribution in [3.63, 3.8) is 0 Å². The Morgan fingerprint density at radius 3 is 3.06 bits per heavy atom. The monoisotopic (exact) mass is 257 g/mol. The van der Waals surface area contributed by atoms with Crippen molar-refractivity contribution in [1.29, 1.82) is 0 Å². The third-order valence-electron chi connectivity index (χ3n) is 2.27. The van der Waals surface area contributed by atoms with Gasteiger partial charge in [-0.15, -0.1) is 5.10 Å². The Morgan fingerprint density at radius 2 is 2.39 bits per heavy atom. The highest BCUT2D eigenvalue weighted by Crippen LogP contribution is 1.98. The molecular formula is C11H19N3O4. The minimum absolute atomic E-state index is 0.164. The van der Waals surface area contributed by atoms with E-state index in [1.165, 1.54) is 10.9 Å². The molecule has 1 atom stereocenters. The van der Waals surface area contributed by atoms with Gasteiger partial charge in [-0.05, 0) is 6.42 Å². The SMILES string of the molecule is CCCCOCC(O)Cn1cc(CC(=O)O)nn1. The average molecular weight is 257 g/mol. The Kier molecular flexibility index (Phi) is 6.31. The molecule has 1 aromatic rings. The second-order valence-corrected chi connectivity index (χ2v) is 4.08. The molecule has 0 aliphatic carbocycles. The zero-order valence-electron chi connectivity index (χ0n) is 10.4. The Bertz CT molecular complexity index is 367. The van der Waals surface area contributed by atoms with Crippen LogP contribution < -0.4 is 0 Å². The van der Waals surface area contributed by atoms with E-state index in [0.29, 0.717) is 12.3 Å². The lowest BCUT2D eigenvalue weighted by Gasteiger charge is -2.10. The summed E-state index contributed by atoms with van der Waals surface area (Å²) in [5.74, 6) is -0.953. The average Bonchev–Trinajstić information content (AvgIpc) is 2.71. The van der Waals surface area contributed by atoms with Gasteiger partial charge in [0.05, 0.1) is 31.4 Å². The summed E-state index contributed by atoms with van der Waals surface area (Å²) >= 11 is 0. The second kappa shape index (κ2) is 7.78. The van der Waals surface area contributed by atoms with Crippen molar-refractivity contribution in [2.45, 2.75) is 38.8 Å². The molecule has 7 nitrogen and oxygen atoms in total. The van der Waals surface area contributed by atoms with Gasteiger partial charge in [-0.25, -0.2) is 4.68 Å². The molecule has 0 aromatic carbocycles. The predicted octanol–water partition coefficient (Wildman–Crippen LogP) is 0.0828. The molecule has 0 spiro atoms. The second-order valence-electron chi connectivity index (χ2n) is 4.08. The maximum absolute atomic E-state index is 10.5. The lowest BCUT2D eigenvalue weighted by Crippen LogP contribution is -2.22. The molecule has 1 aromatic heterocycles. The first-order valence-corrected chi connectivity index (χ1v) is 5.98. The van der Waals surface area contributed by atoms with Gasteiger partial charge in [-0.1, -0.05) is 18.6 Å². The summed E-state index contributed by atoms with van der Waals surface area (Å²) in [7, 11) is 0. The van der Waals surface area contributed by atoms with Crippen molar-refractivity contribution in [3.05, 3.63) is 11.9 Å². The molecule has 1 heterocycles. The third-order valence-corrected chi connectivity index (χ3v) is 2.27. The van der Waals surface area contributed by atoms with E-state index in [2.05, 4.69) is 17.2 Å². The minimum Gasteiger partial charge on any atom is -0.481 e. The standard InChI is InChI=1S/C11H19N3O4/c1-2-3-4-18-8-10(15)7-14-6-9(12-13-14)5-11(16)17/h6,10,15H,2-5,7-8H2,1H3,(H,16,17). The first-order valence-electron chi connectivity index (χ1n) is 5.98. The van der Waals surface area contributed by atoms with Crippen LogP contribution in [0.4, 0.5) is 0 Å². The summed E-state index contributed by atoms with van der Waals surface area (Å²) in [6.45, 7) is 3.20. The van der Waals surface area contributed by atoms with Crippen LogP contribution in [-0.2, 0) is 22.5 Å². The van der Waals surface area contributed by atoms with Crippen LogP contribution in [0, 0.1) is 0 Å². The third kappa shape index (κ3) is 5.74. The molecule has 0 bridgehead atoms. The fourth-order valence-corrected chi connectivity index (χ4v) is 1.40. The zero-order chi connectivity index (χ0) is 13.4. The topological polar surface area (TPSA) is 97.5 Å². The Labute approximate surface area is 105 Å². The molecule has 1 rings (SSSR count). The summed E-state index contributed by atoms with van der Waals surface area (Å²) in [4.78, 5) is 10.5. The first-order chi connectivity index (χ1) is 8.61. The summed E-state index contributed by atoms with van der Waals surface area (Å²) in [5.41, 5.74) is 0.376. The number of carboxylic acid groups (broad SMARTS) is 1. The lowest BCUT2D eigenvalue weighted by molar-refractivity contribution is -0.136. The van der Waals surface area contributed by atoms with Crippen molar-refractivity contribution in [3.8, 4) is 0 Å². The first kappa shape index (κ1) is 14.6. The zero-order valence-corrected chi connectivity index (χ0v) is 10.4. The quantitative estimate of drug-likeness (QED) is 0.608.